The van der Waals surface area contributed by atoms with Gasteiger partial charge in [-0.2, -0.15) is 0 Å². The molecule has 14 heavy (non-hydrogen) atoms. The SMILES string of the molecule is C1CCNCC1.O=Cc1ccccc1. The molecule has 0 atom stereocenters. The fourth-order valence-electron chi connectivity index (χ4n) is 1.33. The van der Waals surface area contributed by atoms with E-state index in [-0.39, 0.29) is 0 Å². The number of hydrogen-bond acceptors (Lipinski definition) is 2. The molecule has 1 N–H and O–H groups in total. The van der Waals surface area contributed by atoms with Crippen molar-refractivity contribution in [1.29, 1.82) is 0 Å². The van der Waals surface area contributed by atoms with Crippen molar-refractivity contribution in [1.82, 2.24) is 5.32 Å². The minimum atomic E-state index is 0.729. The lowest BCUT2D eigenvalue weighted by atomic mass is 10.2. The van der Waals surface area contributed by atoms with E-state index in [4.69, 9.17) is 0 Å². The molecule has 2 nitrogen and oxygen atoms in total. The van der Waals surface area contributed by atoms with Crippen LogP contribution in [-0.4, -0.2) is 19.4 Å². The van der Waals surface area contributed by atoms with Crippen LogP contribution in [0.5, 0.6) is 0 Å². The van der Waals surface area contributed by atoms with Crippen molar-refractivity contribution in [3.63, 3.8) is 0 Å². The minimum Gasteiger partial charge on any atom is -0.317 e. The van der Waals surface area contributed by atoms with Crippen LogP contribution in [0.25, 0.3) is 0 Å². The average Bonchev–Trinajstić information content (AvgIpc) is 2.33. The molecule has 1 aromatic rings. The molecule has 2 heteroatoms. The first-order chi connectivity index (χ1) is 6.93. The normalized spacial score (nSPS) is 15.1. The summed E-state index contributed by atoms with van der Waals surface area (Å²) in [6.07, 6.45) is 5.05. The molecule has 1 aromatic carbocycles. The summed E-state index contributed by atoms with van der Waals surface area (Å²) in [7, 11) is 0. The lowest BCUT2D eigenvalue weighted by Gasteiger charge is -2.08. The van der Waals surface area contributed by atoms with E-state index in [1.54, 1.807) is 12.1 Å². The Hall–Kier alpha value is -1.15. The van der Waals surface area contributed by atoms with Crippen LogP contribution in [0.2, 0.25) is 0 Å². The van der Waals surface area contributed by atoms with Crippen molar-refractivity contribution in [2.45, 2.75) is 19.3 Å². The van der Waals surface area contributed by atoms with Gasteiger partial charge in [0.15, 0.2) is 0 Å². The third kappa shape index (κ3) is 4.77. The molecule has 0 saturated carbocycles. The number of benzene rings is 1. The van der Waals surface area contributed by atoms with Gasteiger partial charge in [0.25, 0.3) is 0 Å². The first kappa shape index (κ1) is 10.9. The van der Waals surface area contributed by atoms with Gasteiger partial charge in [-0.3, -0.25) is 4.79 Å². The maximum absolute atomic E-state index is 10.0. The van der Waals surface area contributed by atoms with Crippen LogP contribution in [0.1, 0.15) is 29.6 Å². The topological polar surface area (TPSA) is 29.1 Å². The van der Waals surface area contributed by atoms with Gasteiger partial charge in [-0.25, -0.2) is 0 Å². The van der Waals surface area contributed by atoms with E-state index in [1.807, 2.05) is 18.2 Å². The van der Waals surface area contributed by atoms with E-state index in [2.05, 4.69) is 5.32 Å². The summed E-state index contributed by atoms with van der Waals surface area (Å²) in [6, 6.07) is 9.10. The predicted octanol–water partition coefficient (Wildman–Crippen LogP) is 2.26. The second-order valence-electron chi connectivity index (χ2n) is 3.34. The number of aldehydes is 1. The van der Waals surface area contributed by atoms with Crippen molar-refractivity contribution in [3.05, 3.63) is 35.9 Å². The molecule has 1 fully saturated rings. The lowest BCUT2D eigenvalue weighted by molar-refractivity contribution is 0.112. The van der Waals surface area contributed by atoms with E-state index in [0.717, 1.165) is 11.8 Å². The Morgan fingerprint density at radius 2 is 1.64 bits per heavy atom. The first-order valence-electron chi connectivity index (χ1n) is 5.14. The van der Waals surface area contributed by atoms with E-state index in [0.29, 0.717) is 0 Å². The maximum atomic E-state index is 10.0. The van der Waals surface area contributed by atoms with Crippen LogP contribution in [0.4, 0.5) is 0 Å². The molecule has 1 aliphatic heterocycles. The molecule has 76 valence electrons. The molecule has 0 bridgehead atoms. The summed E-state index contributed by atoms with van der Waals surface area (Å²) >= 11 is 0. The van der Waals surface area contributed by atoms with Crippen molar-refractivity contribution in [2.24, 2.45) is 0 Å². The minimum absolute atomic E-state index is 0.729. The lowest BCUT2D eigenvalue weighted by Crippen LogP contribution is -2.21. The quantitative estimate of drug-likeness (QED) is 0.690. The van der Waals surface area contributed by atoms with Gasteiger partial charge in [-0.05, 0) is 25.9 Å². The van der Waals surface area contributed by atoms with Crippen molar-refractivity contribution in [2.75, 3.05) is 13.1 Å². The number of rotatable bonds is 1. The second kappa shape index (κ2) is 7.27. The van der Waals surface area contributed by atoms with Crippen molar-refractivity contribution >= 4 is 6.29 Å². The first-order valence-corrected chi connectivity index (χ1v) is 5.14. The number of nitrogens with one attached hydrogen (secondary N) is 1. The molecule has 0 amide bonds. The summed E-state index contributed by atoms with van der Waals surface area (Å²) in [5.74, 6) is 0. The molecular formula is C12H17NO. The van der Waals surface area contributed by atoms with Gasteiger partial charge < -0.3 is 5.32 Å². The third-order valence-corrected chi connectivity index (χ3v) is 2.14. The fourth-order valence-corrected chi connectivity index (χ4v) is 1.33. The molecule has 0 aromatic heterocycles. The fraction of sp³-hybridized carbons (Fsp3) is 0.417. The van der Waals surface area contributed by atoms with Crippen molar-refractivity contribution < 1.29 is 4.79 Å². The summed E-state index contributed by atoms with van der Waals surface area (Å²) in [5.41, 5.74) is 0.729. The van der Waals surface area contributed by atoms with E-state index >= 15 is 0 Å². The largest absolute Gasteiger partial charge is 0.317 e. The van der Waals surface area contributed by atoms with E-state index in [9.17, 15) is 4.79 Å². The number of carbonyl (C=O) groups is 1. The Balaban J connectivity index is 0.000000146. The summed E-state index contributed by atoms with van der Waals surface area (Å²) in [4.78, 5) is 10.0. The summed E-state index contributed by atoms with van der Waals surface area (Å²) in [6.45, 7) is 2.50. The zero-order valence-electron chi connectivity index (χ0n) is 8.41. The molecule has 0 unspecified atom stereocenters. The Morgan fingerprint density at radius 3 is 1.93 bits per heavy atom. The van der Waals surface area contributed by atoms with Crippen LogP contribution < -0.4 is 5.32 Å². The van der Waals surface area contributed by atoms with Gasteiger partial charge in [-0.15, -0.1) is 0 Å². The Morgan fingerprint density at radius 1 is 1.00 bits per heavy atom. The van der Waals surface area contributed by atoms with Gasteiger partial charge >= 0.3 is 0 Å². The van der Waals surface area contributed by atoms with E-state index in [1.165, 1.54) is 32.4 Å². The van der Waals surface area contributed by atoms with Gasteiger partial charge in [-0.1, -0.05) is 36.8 Å². The van der Waals surface area contributed by atoms with Crippen LogP contribution in [-0.2, 0) is 0 Å². The van der Waals surface area contributed by atoms with E-state index < -0.39 is 0 Å². The van der Waals surface area contributed by atoms with Gasteiger partial charge in [0, 0.05) is 5.56 Å². The Labute approximate surface area is 85.3 Å². The molecule has 0 aliphatic carbocycles. The average molecular weight is 191 g/mol. The van der Waals surface area contributed by atoms with Crippen LogP contribution in [0.3, 0.4) is 0 Å². The number of piperidine rings is 1. The molecule has 0 spiro atoms. The van der Waals surface area contributed by atoms with Gasteiger partial charge in [0.2, 0.25) is 0 Å². The smallest absolute Gasteiger partial charge is 0.150 e. The highest BCUT2D eigenvalue weighted by atomic mass is 16.1. The monoisotopic (exact) mass is 191 g/mol. The Kier molecular flexibility index (Phi) is 5.68. The molecular weight excluding hydrogens is 174 g/mol. The third-order valence-electron chi connectivity index (χ3n) is 2.14. The maximum Gasteiger partial charge on any atom is 0.150 e. The Bertz CT molecular complexity index is 230. The highest BCUT2D eigenvalue weighted by Crippen LogP contribution is 1.96. The van der Waals surface area contributed by atoms with Gasteiger partial charge in [0.05, 0.1) is 0 Å². The second-order valence-corrected chi connectivity index (χ2v) is 3.34. The summed E-state index contributed by atoms with van der Waals surface area (Å²) in [5, 5.41) is 3.28. The highest BCUT2D eigenvalue weighted by molar-refractivity contribution is 5.74. The zero-order chi connectivity index (χ0) is 10.1. The standard InChI is InChI=1S/C7H6O.C5H11N/c8-6-7-4-2-1-3-5-7;1-2-4-6-5-3-1/h1-6H;6H,1-5H2. The molecule has 1 saturated heterocycles. The number of carbonyl (C=O) groups excluding carboxylic acids is 1. The number of hydrogen-bond donors (Lipinski definition) is 1. The van der Waals surface area contributed by atoms with Crippen LogP contribution in [0, 0.1) is 0 Å². The molecule has 2 rings (SSSR count). The van der Waals surface area contributed by atoms with Crippen molar-refractivity contribution in [3.8, 4) is 0 Å². The molecule has 0 radical (unpaired) electrons. The zero-order valence-corrected chi connectivity index (χ0v) is 8.41. The van der Waals surface area contributed by atoms with Crippen LogP contribution in [0.15, 0.2) is 30.3 Å². The molecule has 1 aliphatic rings. The highest BCUT2D eigenvalue weighted by Gasteiger charge is 1.93. The summed E-state index contributed by atoms with van der Waals surface area (Å²) < 4.78 is 0. The predicted molar refractivity (Wildman–Crippen MR) is 58.6 cm³/mol. The molecule has 1 heterocycles. The van der Waals surface area contributed by atoms with Crippen LogP contribution >= 0.6 is 0 Å². The van der Waals surface area contributed by atoms with Gasteiger partial charge in [0.1, 0.15) is 6.29 Å².